The zero-order valence-corrected chi connectivity index (χ0v) is 11.7. The van der Waals surface area contributed by atoms with Gasteiger partial charge < -0.3 is 9.84 Å². The van der Waals surface area contributed by atoms with Crippen LogP contribution >= 0.6 is 11.6 Å². The predicted molar refractivity (Wildman–Crippen MR) is 72.3 cm³/mol. The van der Waals surface area contributed by atoms with Gasteiger partial charge in [-0.2, -0.15) is 9.78 Å². The van der Waals surface area contributed by atoms with E-state index in [2.05, 4.69) is 5.10 Å². The van der Waals surface area contributed by atoms with E-state index in [0.29, 0.717) is 21.6 Å². The third kappa shape index (κ3) is 2.88. The van der Waals surface area contributed by atoms with Gasteiger partial charge in [-0.15, -0.1) is 0 Å². The molecular weight excluding hydrogens is 268 g/mol. The number of halogens is 1. The van der Waals surface area contributed by atoms with E-state index in [1.807, 2.05) is 0 Å². The first-order chi connectivity index (χ1) is 8.81. The van der Waals surface area contributed by atoms with Gasteiger partial charge >= 0.3 is 6.09 Å². The molecule has 0 radical (unpaired) electrons. The zero-order valence-electron chi connectivity index (χ0n) is 11.0. The highest BCUT2D eigenvalue weighted by Crippen LogP contribution is 2.23. The second-order valence-corrected chi connectivity index (χ2v) is 5.59. The number of benzene rings is 1. The summed E-state index contributed by atoms with van der Waals surface area (Å²) in [5.74, 6) is 0. The molecule has 0 fully saturated rings. The Kier molecular flexibility index (Phi) is 3.52. The Morgan fingerprint density at radius 2 is 2.16 bits per heavy atom. The predicted octanol–water partition coefficient (Wildman–Crippen LogP) is 2.97. The van der Waals surface area contributed by atoms with E-state index in [1.165, 1.54) is 0 Å². The van der Waals surface area contributed by atoms with Gasteiger partial charge in [0.15, 0.2) is 0 Å². The molecule has 2 aromatic rings. The number of aliphatic hydroxyl groups is 1. The summed E-state index contributed by atoms with van der Waals surface area (Å²) in [5.41, 5.74) is 0.340. The van der Waals surface area contributed by atoms with Crippen LogP contribution in [-0.4, -0.2) is 26.6 Å². The van der Waals surface area contributed by atoms with E-state index in [9.17, 15) is 9.90 Å². The van der Waals surface area contributed by atoms with Gasteiger partial charge in [-0.3, -0.25) is 0 Å². The Balaban J connectivity index is 2.52. The lowest BCUT2D eigenvalue weighted by Gasteiger charge is -2.19. The monoisotopic (exact) mass is 282 g/mol. The Labute approximate surface area is 115 Å². The molecule has 1 aromatic heterocycles. The number of aromatic nitrogens is 2. The summed E-state index contributed by atoms with van der Waals surface area (Å²) in [7, 11) is 0. The fraction of sp³-hybridized carbons (Fsp3) is 0.385. The number of aliphatic hydroxyl groups excluding tert-OH is 1. The van der Waals surface area contributed by atoms with Crippen molar-refractivity contribution in [1.82, 2.24) is 9.78 Å². The number of hydrogen-bond acceptors (Lipinski definition) is 4. The quantitative estimate of drug-likeness (QED) is 0.873. The van der Waals surface area contributed by atoms with Gasteiger partial charge in [0.05, 0.1) is 17.8 Å². The normalized spacial score (nSPS) is 11.8. The number of carbonyl (C=O) groups is 1. The van der Waals surface area contributed by atoms with Crippen LogP contribution in [0.5, 0.6) is 0 Å². The molecule has 0 saturated carbocycles. The van der Waals surface area contributed by atoms with Crippen molar-refractivity contribution in [3.8, 4) is 0 Å². The highest BCUT2D eigenvalue weighted by Gasteiger charge is 2.21. The summed E-state index contributed by atoms with van der Waals surface area (Å²) in [6.45, 7) is 5.06. The summed E-state index contributed by atoms with van der Waals surface area (Å²) < 4.78 is 6.41. The molecule has 1 aromatic carbocycles. The van der Waals surface area contributed by atoms with Gasteiger partial charge in [0, 0.05) is 10.4 Å². The van der Waals surface area contributed by atoms with E-state index in [-0.39, 0.29) is 6.61 Å². The molecule has 0 spiro atoms. The Bertz CT molecular complexity index is 629. The maximum absolute atomic E-state index is 12.1. The second kappa shape index (κ2) is 4.83. The molecule has 0 unspecified atom stereocenters. The van der Waals surface area contributed by atoms with Gasteiger partial charge in [0.1, 0.15) is 5.60 Å². The first-order valence-corrected chi connectivity index (χ1v) is 6.21. The lowest BCUT2D eigenvalue weighted by Crippen LogP contribution is -2.27. The van der Waals surface area contributed by atoms with Crippen LogP contribution in [0.4, 0.5) is 4.79 Å². The van der Waals surface area contributed by atoms with Crippen molar-refractivity contribution in [1.29, 1.82) is 0 Å². The molecule has 1 heterocycles. The van der Waals surface area contributed by atoms with E-state index >= 15 is 0 Å². The lowest BCUT2D eigenvalue weighted by atomic mass is 10.2. The fourth-order valence-electron chi connectivity index (χ4n) is 1.71. The number of hydrogen-bond donors (Lipinski definition) is 1. The van der Waals surface area contributed by atoms with Crippen molar-refractivity contribution in [2.75, 3.05) is 0 Å². The topological polar surface area (TPSA) is 64.4 Å². The molecule has 0 saturated heterocycles. The summed E-state index contributed by atoms with van der Waals surface area (Å²) in [6.07, 6.45) is -0.584. The maximum atomic E-state index is 12.1. The molecule has 0 aliphatic rings. The molecule has 0 aliphatic carbocycles. The van der Waals surface area contributed by atoms with Crippen LogP contribution in [0, 0.1) is 0 Å². The van der Waals surface area contributed by atoms with Crippen molar-refractivity contribution in [2.24, 2.45) is 0 Å². The summed E-state index contributed by atoms with van der Waals surface area (Å²) in [4.78, 5) is 12.1. The van der Waals surface area contributed by atoms with Gasteiger partial charge in [0.25, 0.3) is 0 Å². The zero-order chi connectivity index (χ0) is 14.2. The summed E-state index contributed by atoms with van der Waals surface area (Å²) >= 11 is 5.91. The molecule has 1 N–H and O–H groups in total. The number of ether oxygens (including phenoxy) is 1. The molecule has 2 rings (SSSR count). The van der Waals surface area contributed by atoms with Crippen LogP contribution in [0.1, 0.15) is 26.5 Å². The van der Waals surface area contributed by atoms with Crippen molar-refractivity contribution in [3.63, 3.8) is 0 Å². The fourth-order valence-corrected chi connectivity index (χ4v) is 1.89. The molecule has 0 amide bonds. The molecule has 0 aliphatic heterocycles. The Morgan fingerprint density at radius 1 is 1.47 bits per heavy atom. The average Bonchev–Trinajstić information content (AvgIpc) is 2.64. The smallest absolute Gasteiger partial charge is 0.435 e. The highest BCUT2D eigenvalue weighted by molar-refractivity contribution is 6.31. The first-order valence-electron chi connectivity index (χ1n) is 5.83. The molecule has 0 atom stereocenters. The SMILES string of the molecule is CC(C)(C)OC(=O)n1nc(CO)c2cc(Cl)ccc21. The van der Waals surface area contributed by atoms with Crippen LogP contribution in [0.15, 0.2) is 18.2 Å². The van der Waals surface area contributed by atoms with Gasteiger partial charge in [-0.05, 0) is 39.0 Å². The number of nitrogens with zero attached hydrogens (tertiary/aromatic N) is 2. The molecule has 19 heavy (non-hydrogen) atoms. The van der Waals surface area contributed by atoms with Crippen molar-refractivity contribution in [2.45, 2.75) is 33.0 Å². The summed E-state index contributed by atoms with van der Waals surface area (Å²) in [5, 5.41) is 14.5. The third-order valence-electron chi connectivity index (χ3n) is 2.43. The molecule has 0 bridgehead atoms. The highest BCUT2D eigenvalue weighted by atomic mass is 35.5. The van der Waals surface area contributed by atoms with Crippen LogP contribution in [0.2, 0.25) is 5.02 Å². The van der Waals surface area contributed by atoms with Gasteiger partial charge in [-0.25, -0.2) is 4.79 Å². The van der Waals surface area contributed by atoms with Crippen LogP contribution in [0.3, 0.4) is 0 Å². The van der Waals surface area contributed by atoms with E-state index in [0.717, 1.165) is 4.68 Å². The lowest BCUT2D eigenvalue weighted by molar-refractivity contribution is 0.0521. The second-order valence-electron chi connectivity index (χ2n) is 5.16. The number of fused-ring (bicyclic) bond motifs is 1. The molecule has 5 nitrogen and oxygen atoms in total. The van der Waals surface area contributed by atoms with Crippen molar-refractivity contribution < 1.29 is 14.6 Å². The minimum atomic E-state index is -0.610. The number of carbonyl (C=O) groups excluding carboxylic acids is 1. The standard InChI is InChI=1S/C13H15ClN2O3/c1-13(2,3)19-12(18)16-11-5-4-8(14)6-9(11)10(7-17)15-16/h4-6,17H,7H2,1-3H3. The van der Waals surface area contributed by atoms with Crippen LogP contribution in [0.25, 0.3) is 10.9 Å². The van der Waals surface area contributed by atoms with Crippen molar-refractivity contribution in [3.05, 3.63) is 28.9 Å². The number of rotatable bonds is 1. The first kappa shape index (κ1) is 13.8. The average molecular weight is 283 g/mol. The third-order valence-corrected chi connectivity index (χ3v) is 2.67. The van der Waals surface area contributed by atoms with Gasteiger partial charge in [-0.1, -0.05) is 11.6 Å². The van der Waals surface area contributed by atoms with Crippen LogP contribution in [-0.2, 0) is 11.3 Å². The largest absolute Gasteiger partial charge is 0.442 e. The maximum Gasteiger partial charge on any atom is 0.435 e. The van der Waals surface area contributed by atoms with Crippen LogP contribution < -0.4 is 0 Å². The van der Waals surface area contributed by atoms with Gasteiger partial charge in [0.2, 0.25) is 0 Å². The Morgan fingerprint density at radius 3 is 2.74 bits per heavy atom. The minimum Gasteiger partial charge on any atom is -0.442 e. The van der Waals surface area contributed by atoms with E-state index in [4.69, 9.17) is 16.3 Å². The summed E-state index contributed by atoms with van der Waals surface area (Å²) in [6, 6.07) is 5.00. The minimum absolute atomic E-state index is 0.271. The van der Waals surface area contributed by atoms with E-state index < -0.39 is 11.7 Å². The molecular formula is C13H15ClN2O3. The molecule has 102 valence electrons. The molecule has 6 heteroatoms. The Hall–Kier alpha value is -1.59. The van der Waals surface area contributed by atoms with E-state index in [1.54, 1.807) is 39.0 Å². The van der Waals surface area contributed by atoms with Crippen molar-refractivity contribution >= 4 is 28.6 Å².